The average molecular weight is 265 g/mol. The van der Waals surface area contributed by atoms with Crippen molar-refractivity contribution in [2.24, 2.45) is 5.73 Å². The molecule has 1 aromatic rings. The molecule has 0 aromatic heterocycles. The van der Waals surface area contributed by atoms with Crippen LogP contribution in [-0.4, -0.2) is 24.0 Å². The number of carbonyl (C=O) groups is 3. The highest BCUT2D eigenvalue weighted by molar-refractivity contribution is 5.99. The third-order valence-electron chi connectivity index (χ3n) is 2.44. The Bertz CT molecular complexity index is 528. The van der Waals surface area contributed by atoms with Gasteiger partial charge in [0.1, 0.15) is 0 Å². The van der Waals surface area contributed by atoms with Gasteiger partial charge in [0.05, 0.1) is 5.56 Å². The minimum atomic E-state index is -1.15. The lowest BCUT2D eigenvalue weighted by atomic mass is 10.1. The fraction of sp³-hybridized carbons (Fsp3) is 0.250. The van der Waals surface area contributed by atoms with Gasteiger partial charge in [-0.15, -0.1) is 0 Å². The summed E-state index contributed by atoms with van der Waals surface area (Å²) in [6.45, 7) is 3.07. The first-order valence-electron chi connectivity index (χ1n) is 5.49. The highest BCUT2D eigenvalue weighted by Gasteiger charge is 2.21. The van der Waals surface area contributed by atoms with Crippen LogP contribution in [0.4, 0.5) is 10.5 Å². The van der Waals surface area contributed by atoms with Crippen molar-refractivity contribution < 1.29 is 19.1 Å². The molecule has 19 heavy (non-hydrogen) atoms. The van der Waals surface area contributed by atoms with Crippen molar-refractivity contribution in [3.05, 3.63) is 29.3 Å². The minimum Gasteiger partial charge on any atom is -0.449 e. The number of hydrogen-bond acceptors (Lipinski definition) is 5. The maximum Gasteiger partial charge on any atom is 0.341 e. The largest absolute Gasteiger partial charge is 0.449 e. The first-order chi connectivity index (χ1) is 8.82. The van der Waals surface area contributed by atoms with Crippen LogP contribution < -0.4 is 16.8 Å². The van der Waals surface area contributed by atoms with Crippen molar-refractivity contribution in [2.45, 2.75) is 20.0 Å². The van der Waals surface area contributed by atoms with Crippen LogP contribution in [0.1, 0.15) is 22.8 Å². The number of ether oxygens (including phenoxy) is 1. The lowest BCUT2D eigenvalue weighted by Gasteiger charge is -2.13. The predicted molar refractivity (Wildman–Crippen MR) is 68.2 cm³/mol. The Morgan fingerprint density at radius 3 is 2.53 bits per heavy atom. The molecule has 0 bridgehead atoms. The number of amides is 3. The first-order valence-corrected chi connectivity index (χ1v) is 5.49. The summed E-state index contributed by atoms with van der Waals surface area (Å²) < 4.78 is 4.90. The molecule has 0 unspecified atom stereocenters. The van der Waals surface area contributed by atoms with Gasteiger partial charge in [0.2, 0.25) is 0 Å². The number of aryl methyl sites for hydroxylation is 1. The lowest BCUT2D eigenvalue weighted by Crippen LogP contribution is -2.42. The Balaban J connectivity index is 2.77. The number of para-hydroxylation sites is 1. The van der Waals surface area contributed by atoms with E-state index >= 15 is 0 Å². The Kier molecular flexibility index (Phi) is 4.46. The first kappa shape index (κ1) is 14.5. The van der Waals surface area contributed by atoms with E-state index in [1.54, 1.807) is 19.1 Å². The number of benzene rings is 1. The molecule has 0 spiro atoms. The lowest BCUT2D eigenvalue weighted by molar-refractivity contribution is -0.127. The molecule has 0 heterocycles. The van der Waals surface area contributed by atoms with Crippen LogP contribution in [0.15, 0.2) is 18.2 Å². The minimum absolute atomic E-state index is 0.165. The standard InChI is InChI=1S/C12H15N3O4/c1-6-4-3-5-8(9(6)13)11(17)19-7(2)10(16)15-12(14)18/h3-5,7H,13H2,1-2H3,(H3,14,15,16,18)/t7-/m1/s1. The molecule has 0 radical (unpaired) electrons. The molecule has 3 amide bonds. The number of anilines is 1. The molecular weight excluding hydrogens is 250 g/mol. The number of nitrogens with two attached hydrogens (primary N) is 2. The zero-order valence-corrected chi connectivity index (χ0v) is 10.6. The van der Waals surface area contributed by atoms with Crippen LogP contribution in [0.3, 0.4) is 0 Å². The van der Waals surface area contributed by atoms with Crippen molar-refractivity contribution >= 4 is 23.6 Å². The number of nitrogens with one attached hydrogen (secondary N) is 1. The van der Waals surface area contributed by atoms with E-state index in [2.05, 4.69) is 0 Å². The molecule has 0 aliphatic carbocycles. The molecule has 0 saturated carbocycles. The van der Waals surface area contributed by atoms with Crippen molar-refractivity contribution in [2.75, 3.05) is 5.73 Å². The summed E-state index contributed by atoms with van der Waals surface area (Å²) in [4.78, 5) is 33.7. The van der Waals surface area contributed by atoms with E-state index in [9.17, 15) is 14.4 Å². The number of carbonyl (C=O) groups excluding carboxylic acids is 3. The second-order valence-electron chi connectivity index (χ2n) is 3.94. The second kappa shape index (κ2) is 5.85. The molecule has 7 heteroatoms. The summed E-state index contributed by atoms with van der Waals surface area (Å²) in [6, 6.07) is 3.87. The quantitative estimate of drug-likeness (QED) is 0.536. The van der Waals surface area contributed by atoms with E-state index in [1.807, 2.05) is 5.32 Å². The van der Waals surface area contributed by atoms with Gasteiger partial charge in [0.15, 0.2) is 6.10 Å². The summed E-state index contributed by atoms with van der Waals surface area (Å²) >= 11 is 0. The van der Waals surface area contributed by atoms with Crippen LogP contribution in [0.5, 0.6) is 0 Å². The molecule has 0 aliphatic heterocycles. The summed E-state index contributed by atoms with van der Waals surface area (Å²) in [5.41, 5.74) is 11.7. The van der Waals surface area contributed by atoms with Gasteiger partial charge in [-0.2, -0.15) is 0 Å². The van der Waals surface area contributed by atoms with Crippen LogP contribution >= 0.6 is 0 Å². The van der Waals surface area contributed by atoms with Gasteiger partial charge in [-0.25, -0.2) is 9.59 Å². The molecule has 0 fully saturated rings. The number of hydrogen-bond donors (Lipinski definition) is 3. The maximum atomic E-state index is 11.8. The van der Waals surface area contributed by atoms with Gasteiger partial charge in [0.25, 0.3) is 5.91 Å². The van der Waals surface area contributed by atoms with Gasteiger partial charge in [-0.1, -0.05) is 12.1 Å². The Labute approximate surface area is 109 Å². The zero-order valence-electron chi connectivity index (χ0n) is 10.6. The molecule has 7 nitrogen and oxygen atoms in total. The van der Waals surface area contributed by atoms with Gasteiger partial charge in [-0.3, -0.25) is 10.1 Å². The molecule has 1 atom stereocenters. The highest BCUT2D eigenvalue weighted by Crippen LogP contribution is 2.17. The van der Waals surface area contributed by atoms with Crippen molar-refractivity contribution in [3.8, 4) is 0 Å². The second-order valence-corrected chi connectivity index (χ2v) is 3.94. The molecule has 1 aromatic carbocycles. The summed E-state index contributed by atoms with van der Waals surface area (Å²) in [5, 5.41) is 1.82. The number of imide groups is 1. The molecule has 1 rings (SSSR count). The van der Waals surface area contributed by atoms with E-state index in [0.29, 0.717) is 0 Å². The van der Waals surface area contributed by atoms with E-state index < -0.39 is 24.0 Å². The number of primary amides is 1. The number of urea groups is 1. The molecule has 5 N–H and O–H groups in total. The average Bonchev–Trinajstić information content (AvgIpc) is 2.31. The Morgan fingerprint density at radius 1 is 1.32 bits per heavy atom. The third-order valence-corrected chi connectivity index (χ3v) is 2.44. The van der Waals surface area contributed by atoms with Crippen LogP contribution in [0.2, 0.25) is 0 Å². The van der Waals surface area contributed by atoms with Gasteiger partial charge in [-0.05, 0) is 25.5 Å². The van der Waals surface area contributed by atoms with E-state index in [-0.39, 0.29) is 11.3 Å². The SMILES string of the molecule is Cc1cccc(C(=O)O[C@H](C)C(=O)NC(N)=O)c1N. The van der Waals surface area contributed by atoms with Crippen LogP contribution in [-0.2, 0) is 9.53 Å². The van der Waals surface area contributed by atoms with Crippen molar-refractivity contribution in [3.63, 3.8) is 0 Å². The normalized spacial score (nSPS) is 11.5. The summed E-state index contributed by atoms with van der Waals surface area (Å²) in [7, 11) is 0. The molecule has 0 aliphatic rings. The van der Waals surface area contributed by atoms with Crippen molar-refractivity contribution in [1.29, 1.82) is 0 Å². The maximum absolute atomic E-state index is 11.8. The molecular formula is C12H15N3O4. The third kappa shape index (κ3) is 3.70. The van der Waals surface area contributed by atoms with Gasteiger partial charge in [0, 0.05) is 5.69 Å². The number of rotatable bonds is 3. The summed E-state index contributed by atoms with van der Waals surface area (Å²) in [5.74, 6) is -1.54. The monoisotopic (exact) mass is 265 g/mol. The van der Waals surface area contributed by atoms with Gasteiger partial charge >= 0.3 is 12.0 Å². The molecule has 0 saturated heterocycles. The van der Waals surface area contributed by atoms with E-state index in [1.165, 1.54) is 13.0 Å². The van der Waals surface area contributed by atoms with Crippen LogP contribution in [0, 0.1) is 6.92 Å². The Hall–Kier alpha value is -2.57. The smallest absolute Gasteiger partial charge is 0.341 e. The highest BCUT2D eigenvalue weighted by atomic mass is 16.5. The van der Waals surface area contributed by atoms with E-state index in [0.717, 1.165) is 5.56 Å². The number of esters is 1. The molecule has 102 valence electrons. The van der Waals surface area contributed by atoms with E-state index in [4.69, 9.17) is 16.2 Å². The summed E-state index contributed by atoms with van der Waals surface area (Å²) in [6.07, 6.45) is -1.15. The van der Waals surface area contributed by atoms with Crippen molar-refractivity contribution in [1.82, 2.24) is 5.32 Å². The fourth-order valence-corrected chi connectivity index (χ4v) is 1.36. The number of nitrogen functional groups attached to an aromatic ring is 1. The van der Waals surface area contributed by atoms with Gasteiger partial charge < -0.3 is 16.2 Å². The zero-order chi connectivity index (χ0) is 14.6. The predicted octanol–water partition coefficient (Wildman–Crippen LogP) is 0.317. The fourth-order valence-electron chi connectivity index (χ4n) is 1.36. The topological polar surface area (TPSA) is 125 Å². The van der Waals surface area contributed by atoms with Crippen LogP contribution in [0.25, 0.3) is 0 Å². The Morgan fingerprint density at radius 2 is 1.95 bits per heavy atom.